The lowest BCUT2D eigenvalue weighted by Crippen LogP contribution is -2.36. The van der Waals surface area contributed by atoms with Crippen LogP contribution in [0.2, 0.25) is 0 Å². The predicted octanol–water partition coefficient (Wildman–Crippen LogP) is 3.13. The van der Waals surface area contributed by atoms with Gasteiger partial charge in [-0.05, 0) is 49.4 Å². The van der Waals surface area contributed by atoms with Crippen LogP contribution in [0.15, 0.2) is 9.95 Å². The standard InChI is InChI=1S/C18H24N2O2S/c1-17(2)11-8-9-18(17,3)14(13(11)21)23-16-19-12-7-5-4-6-10(12)15(22)20-16/h11,14H,4-9H2,1-3H3,(H,19,20,22)/t11-,14-,18-/m0/s1. The predicted molar refractivity (Wildman–Crippen MR) is 90.8 cm³/mol. The second-order valence-corrected chi connectivity index (χ2v) is 9.23. The maximum Gasteiger partial charge on any atom is 0.254 e. The number of nitrogens with one attached hydrogen (secondary N) is 1. The van der Waals surface area contributed by atoms with E-state index in [1.54, 1.807) is 0 Å². The fraction of sp³-hybridized carbons (Fsp3) is 0.722. The summed E-state index contributed by atoms with van der Waals surface area (Å²) in [7, 11) is 0. The molecule has 1 aromatic rings. The zero-order valence-corrected chi connectivity index (χ0v) is 14.9. The van der Waals surface area contributed by atoms with Crippen molar-refractivity contribution in [3.05, 3.63) is 21.6 Å². The Morgan fingerprint density at radius 1 is 1.17 bits per heavy atom. The molecule has 3 aliphatic rings. The Bertz CT molecular complexity index is 739. The highest BCUT2D eigenvalue weighted by atomic mass is 32.2. The summed E-state index contributed by atoms with van der Waals surface area (Å²) >= 11 is 1.49. The highest BCUT2D eigenvalue weighted by molar-refractivity contribution is 8.00. The van der Waals surface area contributed by atoms with Gasteiger partial charge in [0.1, 0.15) is 5.78 Å². The van der Waals surface area contributed by atoms with Gasteiger partial charge in [-0.3, -0.25) is 9.59 Å². The molecule has 4 nitrogen and oxygen atoms in total. The van der Waals surface area contributed by atoms with Crippen molar-refractivity contribution in [1.82, 2.24) is 9.97 Å². The molecule has 0 amide bonds. The maximum absolute atomic E-state index is 12.8. The number of nitrogens with zero attached hydrogens (tertiary/aromatic N) is 1. The van der Waals surface area contributed by atoms with Crippen LogP contribution < -0.4 is 5.56 Å². The number of carbonyl (C=O) groups excluding carboxylic acids is 1. The van der Waals surface area contributed by atoms with Crippen molar-refractivity contribution >= 4 is 17.5 Å². The molecule has 1 N–H and O–H groups in total. The first-order valence-corrected chi connectivity index (χ1v) is 9.55. The van der Waals surface area contributed by atoms with Crippen LogP contribution in [-0.4, -0.2) is 21.0 Å². The van der Waals surface area contributed by atoms with Gasteiger partial charge in [0.25, 0.3) is 5.56 Å². The first-order valence-electron chi connectivity index (χ1n) is 8.67. The van der Waals surface area contributed by atoms with Gasteiger partial charge in [0.15, 0.2) is 5.16 Å². The molecule has 1 aromatic heterocycles. The smallest absolute Gasteiger partial charge is 0.254 e. The van der Waals surface area contributed by atoms with E-state index in [0.717, 1.165) is 49.8 Å². The largest absolute Gasteiger partial charge is 0.301 e. The van der Waals surface area contributed by atoms with Gasteiger partial charge in [-0.15, -0.1) is 0 Å². The Kier molecular flexibility index (Phi) is 3.32. The van der Waals surface area contributed by atoms with E-state index in [-0.39, 0.29) is 27.6 Å². The van der Waals surface area contributed by atoms with Crippen LogP contribution in [0.4, 0.5) is 0 Å². The molecule has 0 aromatic carbocycles. The minimum Gasteiger partial charge on any atom is -0.301 e. The molecule has 0 saturated heterocycles. The monoisotopic (exact) mass is 332 g/mol. The van der Waals surface area contributed by atoms with Gasteiger partial charge in [0.05, 0.1) is 10.9 Å². The molecule has 3 atom stereocenters. The molecular formula is C18H24N2O2S. The number of hydrogen-bond donors (Lipinski definition) is 1. The number of hydrogen-bond acceptors (Lipinski definition) is 4. The molecule has 4 rings (SSSR count). The van der Waals surface area contributed by atoms with Crippen molar-refractivity contribution in [2.45, 2.75) is 69.7 Å². The second kappa shape index (κ2) is 4.95. The van der Waals surface area contributed by atoms with Crippen molar-refractivity contribution in [3.8, 4) is 0 Å². The third-order valence-electron chi connectivity index (χ3n) is 6.88. The van der Waals surface area contributed by atoms with Gasteiger partial charge in [0, 0.05) is 11.5 Å². The Labute approximate surface area is 140 Å². The van der Waals surface area contributed by atoms with Gasteiger partial charge in [-0.25, -0.2) is 4.98 Å². The molecule has 5 heteroatoms. The van der Waals surface area contributed by atoms with Crippen LogP contribution in [0.3, 0.4) is 0 Å². The molecule has 2 bridgehead atoms. The van der Waals surface area contributed by atoms with Gasteiger partial charge in [-0.2, -0.15) is 0 Å². The number of ketones is 1. The SMILES string of the molecule is CC1(C)[C@H]2CC[C@@]1(C)[C@@H](Sc1nc3c(c(=O)[nH]1)CCCC3)C2=O. The molecule has 124 valence electrons. The van der Waals surface area contributed by atoms with Crippen LogP contribution in [0.5, 0.6) is 0 Å². The number of Topliss-reactive ketones (excluding diaryl/α,β-unsaturated/α-hetero) is 1. The minimum absolute atomic E-state index is 0.00258. The van der Waals surface area contributed by atoms with Crippen molar-refractivity contribution in [2.24, 2.45) is 16.7 Å². The Balaban J connectivity index is 1.68. The number of aryl methyl sites for hydroxylation is 1. The van der Waals surface area contributed by atoms with Crippen molar-refractivity contribution in [3.63, 3.8) is 0 Å². The van der Waals surface area contributed by atoms with Crippen molar-refractivity contribution in [1.29, 1.82) is 0 Å². The quantitative estimate of drug-likeness (QED) is 0.845. The van der Waals surface area contributed by atoms with E-state index >= 15 is 0 Å². The van der Waals surface area contributed by atoms with Crippen LogP contribution in [0.25, 0.3) is 0 Å². The Morgan fingerprint density at radius 2 is 1.91 bits per heavy atom. The lowest BCUT2D eigenvalue weighted by Gasteiger charge is -2.37. The summed E-state index contributed by atoms with van der Waals surface area (Å²) in [4.78, 5) is 32.8. The number of H-pyrrole nitrogens is 1. The lowest BCUT2D eigenvalue weighted by molar-refractivity contribution is -0.122. The van der Waals surface area contributed by atoms with Gasteiger partial charge in [-0.1, -0.05) is 32.5 Å². The van der Waals surface area contributed by atoms with Crippen LogP contribution >= 0.6 is 11.8 Å². The van der Waals surface area contributed by atoms with Gasteiger partial charge < -0.3 is 4.98 Å². The Morgan fingerprint density at radius 3 is 2.61 bits per heavy atom. The summed E-state index contributed by atoms with van der Waals surface area (Å²) in [6, 6.07) is 0. The normalized spacial score (nSPS) is 34.7. The number of fused-ring (bicyclic) bond motifs is 3. The molecule has 3 aliphatic carbocycles. The molecule has 23 heavy (non-hydrogen) atoms. The average molecular weight is 332 g/mol. The molecule has 0 spiro atoms. The molecule has 2 saturated carbocycles. The third kappa shape index (κ3) is 2.01. The van der Waals surface area contributed by atoms with Gasteiger partial charge >= 0.3 is 0 Å². The average Bonchev–Trinajstić information content (AvgIpc) is 2.81. The topological polar surface area (TPSA) is 62.8 Å². The maximum atomic E-state index is 12.8. The fourth-order valence-electron chi connectivity index (χ4n) is 4.92. The first kappa shape index (κ1) is 15.4. The van der Waals surface area contributed by atoms with E-state index in [1.165, 1.54) is 11.8 Å². The molecule has 2 fully saturated rings. The van der Waals surface area contributed by atoms with Gasteiger partial charge in [0.2, 0.25) is 0 Å². The molecule has 0 aliphatic heterocycles. The molecular weight excluding hydrogens is 308 g/mol. The highest BCUT2D eigenvalue weighted by Gasteiger charge is 2.66. The van der Waals surface area contributed by atoms with Crippen LogP contribution in [-0.2, 0) is 17.6 Å². The number of thioether (sulfide) groups is 1. The number of carbonyl (C=O) groups is 1. The summed E-state index contributed by atoms with van der Waals surface area (Å²) in [5.41, 5.74) is 1.83. The third-order valence-corrected chi connectivity index (χ3v) is 8.28. The van der Waals surface area contributed by atoms with Crippen molar-refractivity contribution < 1.29 is 4.79 Å². The van der Waals surface area contributed by atoms with E-state index in [1.807, 2.05) is 0 Å². The summed E-state index contributed by atoms with van der Waals surface area (Å²) in [6.07, 6.45) is 5.98. The van der Waals surface area contributed by atoms with E-state index in [2.05, 4.69) is 30.7 Å². The first-order chi connectivity index (χ1) is 10.8. The minimum atomic E-state index is -0.0824. The van der Waals surface area contributed by atoms with E-state index in [0.29, 0.717) is 10.9 Å². The number of aromatic nitrogens is 2. The lowest BCUT2D eigenvalue weighted by atomic mass is 9.71. The Hall–Kier alpha value is -1.10. The molecule has 1 heterocycles. The highest BCUT2D eigenvalue weighted by Crippen LogP contribution is 2.67. The summed E-state index contributed by atoms with van der Waals surface area (Å²) in [6.45, 7) is 6.70. The summed E-state index contributed by atoms with van der Waals surface area (Å²) in [5.74, 6) is 0.517. The van der Waals surface area contributed by atoms with Crippen molar-refractivity contribution in [2.75, 3.05) is 0 Å². The summed E-state index contributed by atoms with van der Waals surface area (Å²) < 4.78 is 0. The second-order valence-electron chi connectivity index (χ2n) is 8.13. The molecule has 0 radical (unpaired) electrons. The van der Waals surface area contributed by atoms with Crippen LogP contribution in [0.1, 0.15) is 57.7 Å². The number of rotatable bonds is 2. The van der Waals surface area contributed by atoms with E-state index < -0.39 is 0 Å². The summed E-state index contributed by atoms with van der Waals surface area (Å²) in [5, 5.41) is 0.555. The molecule has 0 unspecified atom stereocenters. The van der Waals surface area contributed by atoms with E-state index in [9.17, 15) is 9.59 Å². The van der Waals surface area contributed by atoms with E-state index in [4.69, 9.17) is 0 Å². The zero-order valence-electron chi connectivity index (χ0n) is 14.1. The zero-order chi connectivity index (χ0) is 16.4. The fourth-order valence-corrected chi connectivity index (χ4v) is 6.42. The van der Waals surface area contributed by atoms with Crippen LogP contribution in [0, 0.1) is 16.7 Å². The number of aromatic amines is 1.